The van der Waals surface area contributed by atoms with Gasteiger partial charge in [0.05, 0.1) is 6.04 Å². The van der Waals surface area contributed by atoms with E-state index in [-0.39, 0.29) is 6.04 Å². The van der Waals surface area contributed by atoms with Crippen molar-refractivity contribution in [1.82, 2.24) is 4.90 Å². The predicted molar refractivity (Wildman–Crippen MR) is 94.8 cm³/mol. The van der Waals surface area contributed by atoms with Gasteiger partial charge in [0.2, 0.25) is 0 Å². The van der Waals surface area contributed by atoms with Gasteiger partial charge >= 0.3 is 12.1 Å². The van der Waals surface area contributed by atoms with Crippen LogP contribution in [0.2, 0.25) is 0 Å². The normalized spacial score (nSPS) is 12.9. The van der Waals surface area contributed by atoms with Crippen LogP contribution >= 0.6 is 0 Å². The van der Waals surface area contributed by atoms with Gasteiger partial charge in [0, 0.05) is 13.1 Å². The van der Waals surface area contributed by atoms with Crippen LogP contribution in [-0.2, 0) is 9.53 Å². The summed E-state index contributed by atoms with van der Waals surface area (Å²) in [6.45, 7) is 7.54. The van der Waals surface area contributed by atoms with Gasteiger partial charge in [-0.05, 0) is 44.4 Å². The molecule has 1 rings (SSSR count). The maximum absolute atomic E-state index is 12.4. The van der Waals surface area contributed by atoms with E-state index in [1.54, 1.807) is 18.0 Å². The number of hydrogen-bond donors (Lipinski definition) is 1. The third-order valence-electron chi connectivity index (χ3n) is 3.47. The van der Waals surface area contributed by atoms with Crippen molar-refractivity contribution in [3.63, 3.8) is 0 Å². The SMILES string of the molecule is CCCC(c1ccccc1/C=C\C(=O)O)N(C)C(=O)OC(C)(C)C. The van der Waals surface area contributed by atoms with E-state index in [1.807, 2.05) is 52.0 Å². The highest BCUT2D eigenvalue weighted by atomic mass is 16.6. The fourth-order valence-corrected chi connectivity index (χ4v) is 2.42. The topological polar surface area (TPSA) is 66.8 Å². The van der Waals surface area contributed by atoms with Gasteiger partial charge in [0.25, 0.3) is 0 Å². The van der Waals surface area contributed by atoms with Crippen LogP contribution in [0.4, 0.5) is 4.79 Å². The van der Waals surface area contributed by atoms with Crippen molar-refractivity contribution < 1.29 is 19.4 Å². The van der Waals surface area contributed by atoms with Crippen LogP contribution in [0, 0.1) is 0 Å². The highest BCUT2D eigenvalue weighted by Crippen LogP contribution is 2.29. The molecule has 5 nitrogen and oxygen atoms in total. The van der Waals surface area contributed by atoms with Crippen molar-refractivity contribution in [2.24, 2.45) is 0 Å². The number of nitrogens with zero attached hydrogens (tertiary/aromatic N) is 1. The third kappa shape index (κ3) is 6.07. The summed E-state index contributed by atoms with van der Waals surface area (Å²) >= 11 is 0. The largest absolute Gasteiger partial charge is 0.478 e. The molecule has 1 amide bonds. The van der Waals surface area contributed by atoms with E-state index in [0.29, 0.717) is 0 Å². The summed E-state index contributed by atoms with van der Waals surface area (Å²) in [5, 5.41) is 8.86. The molecule has 132 valence electrons. The maximum Gasteiger partial charge on any atom is 0.410 e. The number of carboxylic acid groups (broad SMARTS) is 1. The zero-order valence-electron chi connectivity index (χ0n) is 15.1. The summed E-state index contributed by atoms with van der Waals surface area (Å²) in [6, 6.07) is 7.32. The number of carboxylic acids is 1. The zero-order valence-corrected chi connectivity index (χ0v) is 15.1. The molecular weight excluding hydrogens is 306 g/mol. The minimum Gasteiger partial charge on any atom is -0.478 e. The molecule has 0 saturated heterocycles. The Balaban J connectivity index is 3.16. The van der Waals surface area contributed by atoms with Gasteiger partial charge in [-0.3, -0.25) is 0 Å². The monoisotopic (exact) mass is 333 g/mol. The lowest BCUT2D eigenvalue weighted by molar-refractivity contribution is -0.131. The Kier molecular flexibility index (Phi) is 7.01. The Morgan fingerprint density at radius 2 is 1.92 bits per heavy atom. The molecule has 1 atom stereocenters. The second-order valence-corrected chi connectivity index (χ2v) is 6.70. The zero-order chi connectivity index (χ0) is 18.3. The predicted octanol–water partition coefficient (Wildman–Crippen LogP) is 4.49. The molecule has 0 fully saturated rings. The van der Waals surface area contributed by atoms with Gasteiger partial charge in [-0.1, -0.05) is 37.6 Å². The molecule has 24 heavy (non-hydrogen) atoms. The number of carbonyl (C=O) groups excluding carboxylic acids is 1. The van der Waals surface area contributed by atoms with Crippen LogP contribution in [0.15, 0.2) is 30.3 Å². The fraction of sp³-hybridized carbons (Fsp3) is 0.474. The van der Waals surface area contributed by atoms with Gasteiger partial charge in [0.1, 0.15) is 5.60 Å². The average Bonchev–Trinajstić information content (AvgIpc) is 2.48. The van der Waals surface area contributed by atoms with Crippen molar-refractivity contribution >= 4 is 18.1 Å². The highest BCUT2D eigenvalue weighted by molar-refractivity contribution is 5.85. The van der Waals surface area contributed by atoms with E-state index in [9.17, 15) is 9.59 Å². The average molecular weight is 333 g/mol. The molecule has 1 aromatic carbocycles. The lowest BCUT2D eigenvalue weighted by Crippen LogP contribution is -2.36. The van der Waals surface area contributed by atoms with Crippen molar-refractivity contribution in [2.45, 2.75) is 52.2 Å². The second kappa shape index (κ2) is 8.52. The highest BCUT2D eigenvalue weighted by Gasteiger charge is 2.26. The Bertz CT molecular complexity index is 602. The first-order chi connectivity index (χ1) is 11.2. The summed E-state index contributed by atoms with van der Waals surface area (Å²) in [6.07, 6.45) is 3.92. The minimum absolute atomic E-state index is 0.181. The van der Waals surface area contributed by atoms with Gasteiger partial charge in [-0.15, -0.1) is 0 Å². The van der Waals surface area contributed by atoms with Crippen LogP contribution in [-0.4, -0.2) is 34.7 Å². The Morgan fingerprint density at radius 1 is 1.29 bits per heavy atom. The van der Waals surface area contributed by atoms with Gasteiger partial charge in [0.15, 0.2) is 0 Å². The lowest BCUT2D eigenvalue weighted by atomic mass is 9.95. The minimum atomic E-state index is -1.00. The number of ether oxygens (including phenoxy) is 1. The number of hydrogen-bond acceptors (Lipinski definition) is 3. The number of carbonyl (C=O) groups is 2. The van der Waals surface area contributed by atoms with Crippen molar-refractivity contribution in [3.05, 3.63) is 41.5 Å². The standard InChI is InChI=1S/C19H27NO4/c1-6-9-16(20(5)18(23)24-19(2,3)4)15-11-8-7-10-14(15)12-13-17(21)22/h7-8,10-13,16H,6,9H2,1-5H3,(H,21,22)/b13-12-. The van der Waals surface area contributed by atoms with Crippen LogP contribution in [0.1, 0.15) is 57.7 Å². The summed E-state index contributed by atoms with van der Waals surface area (Å²) in [4.78, 5) is 24.8. The number of amides is 1. The van der Waals surface area contributed by atoms with E-state index in [0.717, 1.165) is 30.0 Å². The molecule has 0 aliphatic carbocycles. The van der Waals surface area contributed by atoms with E-state index in [2.05, 4.69) is 0 Å². The molecule has 0 aliphatic rings. The summed E-state index contributed by atoms with van der Waals surface area (Å²) in [7, 11) is 1.71. The van der Waals surface area contributed by atoms with Crippen molar-refractivity contribution in [1.29, 1.82) is 0 Å². The Hall–Kier alpha value is -2.30. The van der Waals surface area contributed by atoms with Crippen LogP contribution < -0.4 is 0 Å². The first-order valence-electron chi connectivity index (χ1n) is 8.11. The molecule has 0 saturated carbocycles. The van der Waals surface area contributed by atoms with E-state index in [4.69, 9.17) is 9.84 Å². The molecule has 0 radical (unpaired) electrons. The van der Waals surface area contributed by atoms with E-state index in [1.165, 1.54) is 0 Å². The molecule has 0 spiro atoms. The second-order valence-electron chi connectivity index (χ2n) is 6.70. The van der Waals surface area contributed by atoms with Crippen LogP contribution in [0.5, 0.6) is 0 Å². The Labute approximate surface area is 143 Å². The molecule has 1 aromatic rings. The number of aliphatic carboxylic acids is 1. The third-order valence-corrected chi connectivity index (χ3v) is 3.47. The quantitative estimate of drug-likeness (QED) is 0.779. The summed E-state index contributed by atoms with van der Waals surface area (Å²) < 4.78 is 5.46. The molecule has 0 heterocycles. The van der Waals surface area contributed by atoms with Crippen molar-refractivity contribution in [2.75, 3.05) is 7.05 Å². The maximum atomic E-state index is 12.4. The van der Waals surface area contributed by atoms with Gasteiger partial charge in [-0.25, -0.2) is 9.59 Å². The van der Waals surface area contributed by atoms with Crippen LogP contribution in [0.25, 0.3) is 6.08 Å². The molecular formula is C19H27NO4. The number of benzene rings is 1. The summed E-state index contributed by atoms with van der Waals surface area (Å²) in [5.41, 5.74) is 1.13. The summed E-state index contributed by atoms with van der Waals surface area (Å²) in [5.74, 6) is -1.00. The molecule has 5 heteroatoms. The molecule has 1 N–H and O–H groups in total. The molecule has 0 aromatic heterocycles. The first-order valence-corrected chi connectivity index (χ1v) is 8.11. The molecule has 1 unspecified atom stereocenters. The van der Waals surface area contributed by atoms with E-state index < -0.39 is 17.7 Å². The number of rotatable bonds is 6. The van der Waals surface area contributed by atoms with Gasteiger partial charge < -0.3 is 14.7 Å². The van der Waals surface area contributed by atoms with Gasteiger partial charge in [-0.2, -0.15) is 0 Å². The molecule has 0 bridgehead atoms. The smallest absolute Gasteiger partial charge is 0.410 e. The lowest BCUT2D eigenvalue weighted by Gasteiger charge is -2.31. The molecule has 0 aliphatic heterocycles. The first kappa shape index (κ1) is 19.7. The van der Waals surface area contributed by atoms with Crippen LogP contribution in [0.3, 0.4) is 0 Å². The Morgan fingerprint density at radius 3 is 2.46 bits per heavy atom. The van der Waals surface area contributed by atoms with E-state index >= 15 is 0 Å². The van der Waals surface area contributed by atoms with Crippen molar-refractivity contribution in [3.8, 4) is 0 Å². The fourth-order valence-electron chi connectivity index (χ4n) is 2.42.